The van der Waals surface area contributed by atoms with Gasteiger partial charge in [-0.25, -0.2) is 13.4 Å². The second-order valence-corrected chi connectivity index (χ2v) is 8.72. The molecule has 9 heteroatoms. The van der Waals surface area contributed by atoms with Gasteiger partial charge in [-0.3, -0.25) is 0 Å². The number of nitrogens with zero attached hydrogens (tertiary/aromatic N) is 2. The first kappa shape index (κ1) is 26.1. The van der Waals surface area contributed by atoms with E-state index in [1.807, 2.05) is 26.0 Å². The van der Waals surface area contributed by atoms with Crippen molar-refractivity contribution < 1.29 is 13.2 Å². The Kier molecular flexibility index (Phi) is 12.8. The highest BCUT2D eigenvalue weighted by molar-refractivity contribution is 14.0. The van der Waals surface area contributed by atoms with Crippen LogP contribution in [0.15, 0.2) is 34.2 Å². The minimum Gasteiger partial charge on any atom is -0.382 e. The summed E-state index contributed by atoms with van der Waals surface area (Å²) in [5.74, 6) is 0.754. The highest BCUT2D eigenvalue weighted by Gasteiger charge is 2.25. The van der Waals surface area contributed by atoms with Gasteiger partial charge in [-0.05, 0) is 50.8 Å². The van der Waals surface area contributed by atoms with E-state index in [9.17, 15) is 8.42 Å². The summed E-state index contributed by atoms with van der Waals surface area (Å²) >= 11 is 0. The van der Waals surface area contributed by atoms with E-state index in [1.165, 1.54) is 0 Å². The van der Waals surface area contributed by atoms with Gasteiger partial charge in [0.25, 0.3) is 0 Å². The summed E-state index contributed by atoms with van der Waals surface area (Å²) in [6.45, 7) is 8.78. The number of hydrogen-bond donors (Lipinski definition) is 2. The lowest BCUT2D eigenvalue weighted by Gasteiger charge is -2.25. The summed E-state index contributed by atoms with van der Waals surface area (Å²) in [4.78, 5) is 4.94. The maximum Gasteiger partial charge on any atom is 0.243 e. The molecule has 0 unspecified atom stereocenters. The Bertz CT molecular complexity index is 705. The SMILES string of the molecule is CCNC(=NCc1ccc(S(=O)(=O)N2CCCCC2)cc1)NCCCOCC.I. The lowest BCUT2D eigenvalue weighted by atomic mass is 10.2. The van der Waals surface area contributed by atoms with Gasteiger partial charge in [-0.15, -0.1) is 24.0 Å². The Labute approximate surface area is 192 Å². The van der Waals surface area contributed by atoms with Crippen LogP contribution in [0.25, 0.3) is 0 Å². The van der Waals surface area contributed by atoms with Crippen LogP contribution < -0.4 is 10.6 Å². The highest BCUT2D eigenvalue weighted by Crippen LogP contribution is 2.21. The summed E-state index contributed by atoms with van der Waals surface area (Å²) < 4.78 is 32.4. The average Bonchev–Trinajstić information content (AvgIpc) is 2.72. The molecule has 7 nitrogen and oxygen atoms in total. The van der Waals surface area contributed by atoms with Gasteiger partial charge < -0.3 is 15.4 Å². The Morgan fingerprint density at radius 3 is 2.41 bits per heavy atom. The molecule has 1 aliphatic heterocycles. The molecule has 0 spiro atoms. The van der Waals surface area contributed by atoms with Crippen LogP contribution in [0.3, 0.4) is 0 Å². The highest BCUT2D eigenvalue weighted by atomic mass is 127. The van der Waals surface area contributed by atoms with Gasteiger partial charge in [-0.2, -0.15) is 4.31 Å². The predicted molar refractivity (Wildman–Crippen MR) is 128 cm³/mol. The number of halogens is 1. The fourth-order valence-electron chi connectivity index (χ4n) is 3.06. The van der Waals surface area contributed by atoms with Gasteiger partial charge in [0.2, 0.25) is 10.0 Å². The van der Waals surface area contributed by atoms with Crippen molar-refractivity contribution in [2.75, 3.05) is 39.4 Å². The van der Waals surface area contributed by atoms with Crippen LogP contribution in [0, 0.1) is 0 Å². The first-order chi connectivity index (χ1) is 13.6. The largest absolute Gasteiger partial charge is 0.382 e. The zero-order valence-electron chi connectivity index (χ0n) is 17.5. The molecule has 0 bridgehead atoms. The van der Waals surface area contributed by atoms with E-state index in [0.29, 0.717) is 24.5 Å². The van der Waals surface area contributed by atoms with Crippen molar-refractivity contribution >= 4 is 40.0 Å². The zero-order chi connectivity index (χ0) is 20.2. The van der Waals surface area contributed by atoms with E-state index in [0.717, 1.165) is 63.5 Å². The van der Waals surface area contributed by atoms with E-state index >= 15 is 0 Å². The van der Waals surface area contributed by atoms with Gasteiger partial charge in [0.1, 0.15) is 0 Å². The van der Waals surface area contributed by atoms with Crippen LogP contribution in [-0.2, 0) is 21.3 Å². The Balaban J connectivity index is 0.00000420. The third-order valence-electron chi connectivity index (χ3n) is 4.60. The Hall–Kier alpha value is -0.910. The molecule has 0 aliphatic carbocycles. The molecule has 0 saturated carbocycles. The minimum atomic E-state index is -3.38. The standard InChI is InChI=1S/C20H34N4O3S.HI/c1-3-21-20(22-13-8-16-27-4-2)23-17-18-9-11-19(12-10-18)28(25,26)24-14-6-5-7-15-24;/h9-12H,3-8,13-17H2,1-2H3,(H2,21,22,23);1H. The Morgan fingerprint density at radius 1 is 1.10 bits per heavy atom. The number of guanidine groups is 1. The van der Waals surface area contributed by atoms with Crippen molar-refractivity contribution in [3.05, 3.63) is 29.8 Å². The number of aliphatic imine (C=N–C) groups is 1. The van der Waals surface area contributed by atoms with Gasteiger partial charge in [0.05, 0.1) is 11.4 Å². The third-order valence-corrected chi connectivity index (χ3v) is 6.52. The molecular formula is C20H35IN4O3S. The van der Waals surface area contributed by atoms with Gasteiger partial charge in [0, 0.05) is 39.4 Å². The molecule has 1 aromatic carbocycles. The molecular weight excluding hydrogens is 503 g/mol. The van der Waals surface area contributed by atoms with Crippen molar-refractivity contribution in [2.24, 2.45) is 4.99 Å². The van der Waals surface area contributed by atoms with Crippen molar-refractivity contribution in [1.29, 1.82) is 0 Å². The number of ether oxygens (including phenoxy) is 1. The number of rotatable bonds is 10. The summed E-state index contributed by atoms with van der Waals surface area (Å²) in [5, 5.41) is 6.50. The zero-order valence-corrected chi connectivity index (χ0v) is 20.7. The van der Waals surface area contributed by atoms with Crippen molar-refractivity contribution in [2.45, 2.75) is 51.0 Å². The van der Waals surface area contributed by atoms with Crippen LogP contribution >= 0.6 is 24.0 Å². The number of hydrogen-bond acceptors (Lipinski definition) is 4. The predicted octanol–water partition coefficient (Wildman–Crippen LogP) is 2.96. The molecule has 1 saturated heterocycles. The molecule has 2 N–H and O–H groups in total. The third kappa shape index (κ3) is 8.77. The monoisotopic (exact) mass is 538 g/mol. The lowest BCUT2D eigenvalue weighted by Crippen LogP contribution is -2.38. The molecule has 1 fully saturated rings. The summed E-state index contributed by atoms with van der Waals surface area (Å²) in [7, 11) is -3.38. The Morgan fingerprint density at radius 2 is 1.79 bits per heavy atom. The second kappa shape index (κ2) is 14.2. The molecule has 1 aliphatic rings. The molecule has 29 heavy (non-hydrogen) atoms. The van der Waals surface area contributed by atoms with Crippen LogP contribution in [0.4, 0.5) is 0 Å². The quantitative estimate of drug-likeness (QED) is 0.207. The molecule has 2 rings (SSSR count). The topological polar surface area (TPSA) is 83.0 Å². The van der Waals surface area contributed by atoms with Gasteiger partial charge in [-0.1, -0.05) is 18.6 Å². The van der Waals surface area contributed by atoms with Gasteiger partial charge in [0.15, 0.2) is 5.96 Å². The fourth-order valence-corrected chi connectivity index (χ4v) is 4.58. The first-order valence-corrected chi connectivity index (χ1v) is 11.7. The van der Waals surface area contributed by atoms with Crippen LogP contribution in [0.5, 0.6) is 0 Å². The number of piperidine rings is 1. The maximum absolute atomic E-state index is 12.7. The molecule has 1 heterocycles. The van der Waals surface area contributed by atoms with Crippen LogP contribution in [0.1, 0.15) is 45.1 Å². The number of nitrogens with one attached hydrogen (secondary N) is 2. The van der Waals surface area contributed by atoms with E-state index < -0.39 is 10.0 Å². The van der Waals surface area contributed by atoms with Crippen molar-refractivity contribution in [1.82, 2.24) is 14.9 Å². The lowest BCUT2D eigenvalue weighted by molar-refractivity contribution is 0.145. The number of sulfonamides is 1. The van der Waals surface area contributed by atoms with E-state index in [1.54, 1.807) is 16.4 Å². The first-order valence-electron chi connectivity index (χ1n) is 10.3. The van der Waals surface area contributed by atoms with Gasteiger partial charge >= 0.3 is 0 Å². The smallest absolute Gasteiger partial charge is 0.243 e. The minimum absolute atomic E-state index is 0. The average molecular weight is 538 g/mol. The molecule has 0 amide bonds. The van der Waals surface area contributed by atoms with Crippen LogP contribution in [-0.4, -0.2) is 58.1 Å². The molecule has 1 aromatic rings. The fraction of sp³-hybridized carbons (Fsp3) is 0.650. The maximum atomic E-state index is 12.7. The molecule has 0 aromatic heterocycles. The van der Waals surface area contributed by atoms with E-state index in [-0.39, 0.29) is 24.0 Å². The summed E-state index contributed by atoms with van der Waals surface area (Å²) in [5.41, 5.74) is 0.976. The molecule has 166 valence electrons. The van der Waals surface area contributed by atoms with Crippen molar-refractivity contribution in [3.8, 4) is 0 Å². The summed E-state index contributed by atoms with van der Waals surface area (Å²) in [6, 6.07) is 7.08. The van der Waals surface area contributed by atoms with E-state index in [2.05, 4.69) is 15.6 Å². The second-order valence-electron chi connectivity index (χ2n) is 6.78. The molecule has 0 atom stereocenters. The molecule has 0 radical (unpaired) electrons. The normalized spacial score (nSPS) is 15.6. The van der Waals surface area contributed by atoms with E-state index in [4.69, 9.17) is 4.74 Å². The van der Waals surface area contributed by atoms with Crippen LogP contribution in [0.2, 0.25) is 0 Å². The summed E-state index contributed by atoms with van der Waals surface area (Å²) in [6.07, 6.45) is 3.91. The van der Waals surface area contributed by atoms with Crippen molar-refractivity contribution in [3.63, 3.8) is 0 Å². The number of benzene rings is 1.